The Hall–Kier alpha value is -3.70. The third kappa shape index (κ3) is 47.0. The van der Waals surface area contributed by atoms with Crippen LogP contribution in [-0.4, -0.2) is 36.4 Å². The van der Waals surface area contributed by atoms with Gasteiger partial charge in [-0.1, -0.05) is 212 Å². The van der Waals surface area contributed by atoms with Gasteiger partial charge in [0.2, 0.25) is 0 Å². The van der Waals surface area contributed by atoms with E-state index in [0.717, 1.165) is 103 Å². The Kier molecular flexibility index (Phi) is 46.6. The number of ether oxygens (including phenoxy) is 2. The average molecular weight is 829 g/mol. The third-order valence-corrected chi connectivity index (χ3v) is 9.77. The number of hydrogen-bond acceptors (Lipinski definition) is 5. The molecule has 0 rings (SSSR count). The van der Waals surface area contributed by atoms with Crippen molar-refractivity contribution in [1.29, 1.82) is 0 Å². The topological polar surface area (TPSA) is 72.8 Å². The Labute approximate surface area is 369 Å². The molecule has 0 aliphatic heterocycles. The zero-order valence-electron chi connectivity index (χ0n) is 38.4. The van der Waals surface area contributed by atoms with Crippen LogP contribution in [0.2, 0.25) is 0 Å². The highest BCUT2D eigenvalue weighted by molar-refractivity contribution is 5.70. The van der Waals surface area contributed by atoms with E-state index in [1.165, 1.54) is 64.2 Å². The molecule has 0 aromatic carbocycles. The van der Waals surface area contributed by atoms with Gasteiger partial charge in [0.15, 0.2) is 6.10 Å². The van der Waals surface area contributed by atoms with E-state index in [1.807, 2.05) is 0 Å². The lowest BCUT2D eigenvalue weighted by Crippen LogP contribution is -2.28. The largest absolute Gasteiger partial charge is 0.462 e. The molecule has 5 nitrogen and oxygen atoms in total. The van der Waals surface area contributed by atoms with E-state index < -0.39 is 6.10 Å². The predicted molar refractivity (Wildman–Crippen MR) is 260 cm³/mol. The molecule has 0 heterocycles. The molecule has 0 amide bonds. The first-order valence-corrected chi connectivity index (χ1v) is 24.1. The normalized spacial score (nSPS) is 13.3. The van der Waals surface area contributed by atoms with Crippen LogP contribution in [0.4, 0.5) is 0 Å². The Bertz CT molecular complexity index is 1260. The molecule has 0 spiro atoms. The highest BCUT2D eigenvalue weighted by Crippen LogP contribution is 2.13. The van der Waals surface area contributed by atoms with E-state index in [0.29, 0.717) is 12.8 Å². The zero-order valence-corrected chi connectivity index (χ0v) is 38.4. The second-order valence-electron chi connectivity index (χ2n) is 15.5. The fourth-order valence-corrected chi connectivity index (χ4v) is 6.17. The van der Waals surface area contributed by atoms with Crippen molar-refractivity contribution in [3.63, 3.8) is 0 Å². The van der Waals surface area contributed by atoms with Crippen LogP contribution in [0.3, 0.4) is 0 Å². The maximum atomic E-state index is 12.2. The molecule has 1 unspecified atom stereocenters. The van der Waals surface area contributed by atoms with E-state index in [2.05, 4.69) is 135 Å². The molecule has 0 aliphatic rings. The summed E-state index contributed by atoms with van der Waals surface area (Å²) < 4.78 is 10.6. The molecule has 0 aliphatic carbocycles. The summed E-state index contributed by atoms with van der Waals surface area (Å²) in [4.78, 5) is 24.3. The molecule has 0 radical (unpaired) electrons. The SMILES string of the molecule is CC/C=C\C/C=C\C/C=C\C/C=C\C/C=C\C/C=C\C/C=C\C/C=C\C/C=C\C/C=C\CCCCC(=O)OC(CO)COC(=O)CCCCCCCCCCCCCCC. The summed E-state index contributed by atoms with van der Waals surface area (Å²) in [6.07, 6.45) is 72.8. The number of esters is 2. The van der Waals surface area contributed by atoms with Gasteiger partial charge >= 0.3 is 11.9 Å². The molecule has 0 fully saturated rings. The highest BCUT2D eigenvalue weighted by atomic mass is 16.6. The molecular weight excluding hydrogens is 741 g/mol. The molecule has 5 heteroatoms. The summed E-state index contributed by atoms with van der Waals surface area (Å²) in [6.45, 7) is 3.97. The van der Waals surface area contributed by atoms with Gasteiger partial charge < -0.3 is 14.6 Å². The van der Waals surface area contributed by atoms with Crippen LogP contribution in [0.25, 0.3) is 0 Å². The second kappa shape index (κ2) is 49.7. The standard InChI is InChI=1S/C55H88O5/c1-3-5-7-9-11-13-15-17-18-19-20-21-22-23-24-25-26-27-28-29-30-31-32-33-34-35-36-38-40-42-44-46-48-50-55(58)60-53(51-56)52-59-54(57)49-47-45-43-41-39-37-16-14-12-10-8-6-4-2/h5,7,11,13,17-18,20-21,23-24,26-27,29-30,32-33,35-36,40,42,53,56H,3-4,6,8-10,12,14-16,19,22,25,28,31,34,37-39,41,43-52H2,1-2H3/b7-5-,13-11-,18-17-,21-20-,24-23-,27-26-,30-29-,33-32-,36-35-,42-40-. The number of aliphatic hydroxyl groups excluding tert-OH is 1. The highest BCUT2D eigenvalue weighted by Gasteiger charge is 2.16. The summed E-state index contributed by atoms with van der Waals surface area (Å²) in [5, 5.41) is 9.58. The van der Waals surface area contributed by atoms with Gasteiger partial charge in [0.25, 0.3) is 0 Å². The predicted octanol–water partition coefficient (Wildman–Crippen LogP) is 16.0. The van der Waals surface area contributed by atoms with E-state index in [9.17, 15) is 14.7 Å². The molecule has 60 heavy (non-hydrogen) atoms. The third-order valence-electron chi connectivity index (χ3n) is 9.77. The number of allylic oxidation sites excluding steroid dienone is 20. The van der Waals surface area contributed by atoms with Gasteiger partial charge in [-0.2, -0.15) is 0 Å². The Balaban J connectivity index is 3.71. The van der Waals surface area contributed by atoms with Crippen molar-refractivity contribution in [3.8, 4) is 0 Å². The fraction of sp³-hybridized carbons (Fsp3) is 0.600. The zero-order chi connectivity index (χ0) is 43.5. The number of unbranched alkanes of at least 4 members (excludes halogenated alkanes) is 14. The van der Waals surface area contributed by atoms with Crippen LogP contribution in [0, 0.1) is 0 Å². The first-order valence-electron chi connectivity index (χ1n) is 24.1. The minimum Gasteiger partial charge on any atom is -0.462 e. The monoisotopic (exact) mass is 829 g/mol. The van der Waals surface area contributed by atoms with Crippen LogP contribution in [-0.2, 0) is 19.1 Å². The number of carbonyl (C=O) groups is 2. The summed E-state index contributed by atoms with van der Waals surface area (Å²) in [5.74, 6) is -0.649. The number of carbonyl (C=O) groups excluding carboxylic acids is 2. The van der Waals surface area contributed by atoms with Gasteiger partial charge in [-0.25, -0.2) is 0 Å². The molecule has 0 bridgehead atoms. The first-order chi connectivity index (χ1) is 29.6. The number of aliphatic hydroxyl groups is 1. The van der Waals surface area contributed by atoms with Crippen molar-refractivity contribution >= 4 is 11.9 Å². The molecule has 0 saturated carbocycles. The molecule has 0 aromatic heterocycles. The minimum absolute atomic E-state index is 0.0889. The lowest BCUT2D eigenvalue weighted by molar-refractivity contribution is -0.161. The van der Waals surface area contributed by atoms with Crippen molar-refractivity contribution in [1.82, 2.24) is 0 Å². The molecule has 1 atom stereocenters. The smallest absolute Gasteiger partial charge is 0.306 e. The lowest BCUT2D eigenvalue weighted by atomic mass is 10.0. The molecular formula is C55H88O5. The Morgan fingerprint density at radius 1 is 0.400 bits per heavy atom. The summed E-state index contributed by atoms with van der Waals surface area (Å²) in [6, 6.07) is 0. The van der Waals surface area contributed by atoms with E-state index in [-0.39, 0.29) is 25.2 Å². The first kappa shape index (κ1) is 56.3. The van der Waals surface area contributed by atoms with E-state index >= 15 is 0 Å². The fourth-order valence-electron chi connectivity index (χ4n) is 6.17. The van der Waals surface area contributed by atoms with Crippen molar-refractivity contribution in [2.75, 3.05) is 13.2 Å². The Morgan fingerprint density at radius 2 is 0.717 bits per heavy atom. The second-order valence-corrected chi connectivity index (χ2v) is 15.5. The maximum Gasteiger partial charge on any atom is 0.306 e. The van der Waals surface area contributed by atoms with E-state index in [4.69, 9.17) is 9.47 Å². The van der Waals surface area contributed by atoms with Crippen molar-refractivity contribution in [3.05, 3.63) is 122 Å². The van der Waals surface area contributed by atoms with Gasteiger partial charge in [-0.3, -0.25) is 9.59 Å². The number of rotatable bonds is 42. The van der Waals surface area contributed by atoms with Gasteiger partial charge in [-0.15, -0.1) is 0 Å². The van der Waals surface area contributed by atoms with Crippen LogP contribution in [0.15, 0.2) is 122 Å². The van der Waals surface area contributed by atoms with E-state index in [1.54, 1.807) is 0 Å². The molecule has 0 aromatic rings. The van der Waals surface area contributed by atoms with Crippen molar-refractivity contribution in [2.45, 2.75) is 200 Å². The summed E-state index contributed by atoms with van der Waals surface area (Å²) in [5.41, 5.74) is 0. The van der Waals surface area contributed by atoms with Gasteiger partial charge in [0, 0.05) is 12.8 Å². The maximum absolute atomic E-state index is 12.2. The molecule has 0 saturated heterocycles. The lowest BCUT2D eigenvalue weighted by Gasteiger charge is -2.15. The van der Waals surface area contributed by atoms with Gasteiger partial charge in [0.1, 0.15) is 6.61 Å². The Morgan fingerprint density at radius 3 is 1.08 bits per heavy atom. The quantitative estimate of drug-likeness (QED) is 0.0377. The van der Waals surface area contributed by atoms with Crippen LogP contribution in [0.1, 0.15) is 194 Å². The molecule has 1 N–H and O–H groups in total. The van der Waals surface area contributed by atoms with Gasteiger partial charge in [-0.05, 0) is 89.9 Å². The summed E-state index contributed by atoms with van der Waals surface area (Å²) in [7, 11) is 0. The van der Waals surface area contributed by atoms with Crippen LogP contribution >= 0.6 is 0 Å². The van der Waals surface area contributed by atoms with Gasteiger partial charge in [0.05, 0.1) is 6.61 Å². The molecule has 338 valence electrons. The van der Waals surface area contributed by atoms with Crippen molar-refractivity contribution in [2.24, 2.45) is 0 Å². The van der Waals surface area contributed by atoms with Crippen LogP contribution < -0.4 is 0 Å². The average Bonchev–Trinajstić information content (AvgIpc) is 3.25. The van der Waals surface area contributed by atoms with Crippen LogP contribution in [0.5, 0.6) is 0 Å². The minimum atomic E-state index is -0.801. The summed E-state index contributed by atoms with van der Waals surface area (Å²) >= 11 is 0. The van der Waals surface area contributed by atoms with Crippen molar-refractivity contribution < 1.29 is 24.2 Å². The number of hydrogen-bond donors (Lipinski definition) is 1.